The topological polar surface area (TPSA) is 109 Å². The maximum atomic E-state index is 13.3. The van der Waals surface area contributed by atoms with Gasteiger partial charge < -0.3 is 10.2 Å². The summed E-state index contributed by atoms with van der Waals surface area (Å²) in [5, 5.41) is 2.86. The average Bonchev–Trinajstić information content (AvgIpc) is 3.15. The van der Waals surface area contributed by atoms with E-state index in [0.717, 1.165) is 31.9 Å². The van der Waals surface area contributed by atoms with Crippen molar-refractivity contribution in [3.05, 3.63) is 53.0 Å². The molecule has 0 saturated heterocycles. The van der Waals surface area contributed by atoms with Gasteiger partial charge in [0, 0.05) is 30.8 Å². The Balaban J connectivity index is 1.63. The highest BCUT2D eigenvalue weighted by atomic mass is 32.2. The van der Waals surface area contributed by atoms with Crippen LogP contribution < -0.4 is 5.32 Å². The highest BCUT2D eigenvalue weighted by Crippen LogP contribution is 2.35. The molecule has 1 aliphatic heterocycles. The van der Waals surface area contributed by atoms with Gasteiger partial charge in [-0.05, 0) is 36.1 Å². The lowest BCUT2D eigenvalue weighted by Crippen LogP contribution is -2.42. The van der Waals surface area contributed by atoms with Gasteiger partial charge in [-0.3, -0.25) is 9.59 Å². The second-order valence-electron chi connectivity index (χ2n) is 8.37. The minimum Gasteiger partial charge on any atom is -0.361 e. The van der Waals surface area contributed by atoms with Crippen molar-refractivity contribution < 1.29 is 18.0 Å². The first-order valence-corrected chi connectivity index (χ1v) is 12.4. The van der Waals surface area contributed by atoms with E-state index in [4.69, 9.17) is 0 Å². The zero-order valence-electron chi connectivity index (χ0n) is 17.5. The Morgan fingerprint density at radius 2 is 2.03 bits per heavy atom. The lowest BCUT2D eigenvalue weighted by Gasteiger charge is -2.31. The van der Waals surface area contributed by atoms with Crippen molar-refractivity contribution in [2.75, 3.05) is 18.1 Å². The van der Waals surface area contributed by atoms with Crippen LogP contribution in [0.15, 0.2) is 53.0 Å². The predicted molar refractivity (Wildman–Crippen MR) is 116 cm³/mol. The number of amides is 1. The summed E-state index contributed by atoms with van der Waals surface area (Å²) >= 11 is 0. The Hall–Kier alpha value is -2.81. The zero-order valence-corrected chi connectivity index (χ0v) is 18.3. The van der Waals surface area contributed by atoms with E-state index in [9.17, 15) is 18.0 Å². The molecular weight excluding hydrogens is 416 g/mol. The van der Waals surface area contributed by atoms with Crippen molar-refractivity contribution in [1.82, 2.24) is 14.9 Å². The number of rotatable bonds is 6. The molecule has 1 saturated carbocycles. The fourth-order valence-electron chi connectivity index (χ4n) is 4.62. The van der Waals surface area contributed by atoms with Crippen LogP contribution in [0.3, 0.4) is 0 Å². The molecule has 1 aromatic rings. The van der Waals surface area contributed by atoms with E-state index in [1.54, 1.807) is 24.5 Å². The lowest BCUT2D eigenvalue weighted by molar-refractivity contribution is -0.121. The van der Waals surface area contributed by atoms with E-state index < -0.39 is 21.7 Å². The first-order chi connectivity index (χ1) is 14.8. The molecule has 164 valence electrons. The predicted octanol–water partition coefficient (Wildman–Crippen LogP) is 2.39. The maximum Gasteiger partial charge on any atom is 0.248 e. The first-order valence-electron chi connectivity index (χ1n) is 10.5. The number of anilines is 1. The van der Waals surface area contributed by atoms with Gasteiger partial charge >= 0.3 is 0 Å². The highest BCUT2D eigenvalue weighted by Gasteiger charge is 2.36. The van der Waals surface area contributed by atoms with Crippen molar-refractivity contribution in [1.29, 1.82) is 0 Å². The molecule has 2 aliphatic carbocycles. The Morgan fingerprint density at radius 3 is 2.71 bits per heavy atom. The van der Waals surface area contributed by atoms with Gasteiger partial charge in [-0.1, -0.05) is 32.1 Å². The van der Waals surface area contributed by atoms with Crippen LogP contribution in [0.1, 0.15) is 38.5 Å². The van der Waals surface area contributed by atoms with E-state index >= 15 is 0 Å². The number of carbonyl (C=O) groups excluding carboxylic acids is 2. The molecule has 1 atom stereocenters. The molecule has 1 amide bonds. The first kappa shape index (κ1) is 21.4. The van der Waals surface area contributed by atoms with Gasteiger partial charge in [0.25, 0.3) is 0 Å². The van der Waals surface area contributed by atoms with Gasteiger partial charge in [-0.15, -0.1) is 0 Å². The molecule has 2 heterocycles. The smallest absolute Gasteiger partial charge is 0.248 e. The monoisotopic (exact) mass is 442 g/mol. The van der Waals surface area contributed by atoms with Crippen molar-refractivity contribution in [3.63, 3.8) is 0 Å². The number of aromatic nitrogens is 2. The van der Waals surface area contributed by atoms with Gasteiger partial charge in [0.15, 0.2) is 15.6 Å². The van der Waals surface area contributed by atoms with Crippen LogP contribution in [0, 0.1) is 5.92 Å². The summed E-state index contributed by atoms with van der Waals surface area (Å²) in [7, 11) is -3.68. The highest BCUT2D eigenvalue weighted by molar-refractivity contribution is 7.95. The molecule has 1 aromatic heterocycles. The SMILES string of the molecule is CS(=O)(=O)C1=C2CN(C(CC3CCCCC3)C(=O)Nc3ccncn3)C=C2C=CC1=O. The summed E-state index contributed by atoms with van der Waals surface area (Å²) in [6.07, 6.45) is 15.1. The Bertz CT molecular complexity index is 1070. The molecule has 1 fully saturated rings. The molecule has 1 N–H and O–H groups in total. The van der Waals surface area contributed by atoms with Crippen LogP contribution in [0.4, 0.5) is 5.82 Å². The summed E-state index contributed by atoms with van der Waals surface area (Å²) < 4.78 is 24.5. The third-order valence-corrected chi connectivity index (χ3v) is 7.28. The number of sulfone groups is 1. The molecule has 0 aromatic carbocycles. The Morgan fingerprint density at radius 1 is 1.26 bits per heavy atom. The largest absolute Gasteiger partial charge is 0.361 e. The molecule has 0 radical (unpaired) electrons. The Kier molecular flexibility index (Phi) is 6.04. The molecule has 1 unspecified atom stereocenters. The minimum atomic E-state index is -3.68. The van der Waals surface area contributed by atoms with Crippen LogP contribution in [0.2, 0.25) is 0 Å². The molecule has 31 heavy (non-hydrogen) atoms. The third-order valence-electron chi connectivity index (χ3n) is 6.09. The molecule has 9 heteroatoms. The zero-order chi connectivity index (χ0) is 22.0. The average molecular weight is 443 g/mol. The van der Waals surface area contributed by atoms with Crippen molar-refractivity contribution in [2.24, 2.45) is 5.92 Å². The van der Waals surface area contributed by atoms with Gasteiger partial charge in [0.2, 0.25) is 5.91 Å². The lowest BCUT2D eigenvalue weighted by atomic mass is 9.84. The second-order valence-corrected chi connectivity index (χ2v) is 10.3. The number of nitrogens with zero attached hydrogens (tertiary/aromatic N) is 3. The fourth-order valence-corrected chi connectivity index (χ4v) is 5.69. The number of fused-ring (bicyclic) bond motifs is 1. The number of carbonyl (C=O) groups is 2. The van der Waals surface area contributed by atoms with E-state index in [-0.39, 0.29) is 17.4 Å². The van der Waals surface area contributed by atoms with Gasteiger partial charge in [-0.2, -0.15) is 0 Å². The number of hydrogen-bond donors (Lipinski definition) is 1. The second kappa shape index (κ2) is 8.74. The number of nitrogens with one attached hydrogen (secondary N) is 1. The van der Waals surface area contributed by atoms with Crippen molar-refractivity contribution >= 4 is 27.3 Å². The molecule has 4 rings (SSSR count). The maximum absolute atomic E-state index is 13.3. The molecule has 0 spiro atoms. The fraction of sp³-hybridized carbons (Fsp3) is 0.455. The van der Waals surface area contributed by atoms with Crippen LogP contribution >= 0.6 is 0 Å². The number of allylic oxidation sites excluding steroid dienone is 3. The minimum absolute atomic E-state index is 0.170. The molecule has 0 bridgehead atoms. The summed E-state index contributed by atoms with van der Waals surface area (Å²) in [6.45, 7) is 0.211. The van der Waals surface area contributed by atoms with Gasteiger partial charge in [0.05, 0.1) is 0 Å². The van der Waals surface area contributed by atoms with Crippen LogP contribution in [0.5, 0.6) is 0 Å². The van der Waals surface area contributed by atoms with E-state index in [1.165, 1.54) is 18.8 Å². The standard InChI is InChI=1S/C22H26N4O4S/c1-31(29,30)21-17-13-26(12-16(17)7-8-19(21)27)18(11-15-5-3-2-4-6-15)22(28)25-20-9-10-23-14-24-20/h7-10,12,14-15,18H,2-6,11,13H2,1H3,(H,23,24,25,28). The van der Waals surface area contributed by atoms with Crippen molar-refractivity contribution in [3.8, 4) is 0 Å². The quantitative estimate of drug-likeness (QED) is 0.720. The van der Waals surface area contributed by atoms with E-state index in [0.29, 0.717) is 29.3 Å². The summed E-state index contributed by atoms with van der Waals surface area (Å²) in [5.41, 5.74) is 1.14. The van der Waals surface area contributed by atoms with Gasteiger partial charge in [0.1, 0.15) is 23.1 Å². The number of ketones is 1. The molecular formula is C22H26N4O4S. The Labute approximate surface area is 182 Å². The summed E-state index contributed by atoms with van der Waals surface area (Å²) in [4.78, 5) is 35.2. The molecule has 3 aliphatic rings. The van der Waals surface area contributed by atoms with Crippen LogP contribution in [-0.2, 0) is 19.4 Å². The summed E-state index contributed by atoms with van der Waals surface area (Å²) in [6, 6.07) is 1.14. The van der Waals surface area contributed by atoms with Crippen LogP contribution in [0.25, 0.3) is 0 Å². The van der Waals surface area contributed by atoms with E-state index in [1.807, 2.05) is 4.90 Å². The summed E-state index contributed by atoms with van der Waals surface area (Å²) in [5.74, 6) is 0.142. The van der Waals surface area contributed by atoms with Crippen LogP contribution in [-0.4, -0.2) is 53.8 Å². The van der Waals surface area contributed by atoms with Crippen molar-refractivity contribution in [2.45, 2.75) is 44.6 Å². The van der Waals surface area contributed by atoms with Gasteiger partial charge in [-0.25, -0.2) is 18.4 Å². The normalized spacial score (nSPS) is 20.5. The number of hydrogen-bond acceptors (Lipinski definition) is 7. The van der Waals surface area contributed by atoms with E-state index in [2.05, 4.69) is 15.3 Å². The molecule has 8 nitrogen and oxygen atoms in total. The third kappa shape index (κ3) is 4.76.